The van der Waals surface area contributed by atoms with Crippen molar-refractivity contribution in [2.75, 3.05) is 33.9 Å². The van der Waals surface area contributed by atoms with Crippen LogP contribution in [0.25, 0.3) is 0 Å². The fourth-order valence-electron chi connectivity index (χ4n) is 3.01. The minimum Gasteiger partial charge on any atom is -0.385 e. The van der Waals surface area contributed by atoms with Gasteiger partial charge in [0.1, 0.15) is 0 Å². The number of aliphatic imine (C=N–C) groups is 1. The number of ether oxygens (including phenoxy) is 1. The molecule has 2 aliphatic carbocycles. The number of rotatable bonds is 9. The summed E-state index contributed by atoms with van der Waals surface area (Å²) in [6.45, 7) is 2.94. The Kier molecular flexibility index (Phi) is 8.94. The van der Waals surface area contributed by atoms with Gasteiger partial charge in [0.25, 0.3) is 0 Å². The number of hydrogen-bond donors (Lipinski definition) is 2. The molecule has 0 aliphatic heterocycles. The Morgan fingerprint density at radius 3 is 2.57 bits per heavy atom. The maximum Gasteiger partial charge on any atom is 0.190 e. The van der Waals surface area contributed by atoms with E-state index in [1.165, 1.54) is 44.9 Å². The highest BCUT2D eigenvalue weighted by Gasteiger charge is 2.36. The van der Waals surface area contributed by atoms with Gasteiger partial charge in [0.2, 0.25) is 0 Å². The van der Waals surface area contributed by atoms with Crippen molar-refractivity contribution in [3.63, 3.8) is 0 Å². The Hall–Kier alpha value is -0.0400. The van der Waals surface area contributed by atoms with E-state index in [2.05, 4.69) is 15.6 Å². The third-order valence-electron chi connectivity index (χ3n) is 4.88. The molecular formula is C16H32IN3O. The van der Waals surface area contributed by atoms with Gasteiger partial charge in [0, 0.05) is 33.9 Å². The largest absolute Gasteiger partial charge is 0.385 e. The molecule has 2 N–H and O–H groups in total. The van der Waals surface area contributed by atoms with E-state index in [4.69, 9.17) is 4.74 Å². The Labute approximate surface area is 146 Å². The van der Waals surface area contributed by atoms with Crippen LogP contribution in [-0.2, 0) is 4.74 Å². The van der Waals surface area contributed by atoms with E-state index in [0.29, 0.717) is 5.41 Å². The lowest BCUT2D eigenvalue weighted by atomic mass is 9.67. The van der Waals surface area contributed by atoms with Crippen molar-refractivity contribution in [3.8, 4) is 0 Å². The summed E-state index contributed by atoms with van der Waals surface area (Å²) in [4.78, 5) is 4.33. The van der Waals surface area contributed by atoms with E-state index in [0.717, 1.165) is 38.0 Å². The van der Waals surface area contributed by atoms with Crippen LogP contribution in [0.3, 0.4) is 0 Å². The number of halogens is 1. The van der Waals surface area contributed by atoms with Gasteiger partial charge in [0.05, 0.1) is 0 Å². The molecule has 124 valence electrons. The highest BCUT2D eigenvalue weighted by molar-refractivity contribution is 14.0. The monoisotopic (exact) mass is 409 g/mol. The number of hydrogen-bond acceptors (Lipinski definition) is 2. The first kappa shape index (κ1) is 19.0. The summed E-state index contributed by atoms with van der Waals surface area (Å²) >= 11 is 0. The molecule has 0 aromatic carbocycles. The predicted molar refractivity (Wildman–Crippen MR) is 99.5 cm³/mol. The minimum absolute atomic E-state index is 0. The molecule has 0 radical (unpaired) electrons. The molecule has 4 nitrogen and oxygen atoms in total. The van der Waals surface area contributed by atoms with Crippen LogP contribution >= 0.6 is 24.0 Å². The van der Waals surface area contributed by atoms with E-state index in [1.807, 2.05) is 7.05 Å². The second-order valence-corrected chi connectivity index (χ2v) is 6.53. The molecule has 0 bridgehead atoms. The zero-order valence-corrected chi connectivity index (χ0v) is 15.9. The Balaban J connectivity index is 0.00000220. The van der Waals surface area contributed by atoms with Crippen LogP contribution in [0.1, 0.15) is 51.4 Å². The van der Waals surface area contributed by atoms with Crippen LogP contribution in [-0.4, -0.2) is 39.8 Å². The van der Waals surface area contributed by atoms with Crippen LogP contribution in [0.15, 0.2) is 4.99 Å². The second kappa shape index (κ2) is 9.87. The molecule has 2 fully saturated rings. The molecule has 0 heterocycles. The van der Waals surface area contributed by atoms with Crippen molar-refractivity contribution in [2.24, 2.45) is 16.3 Å². The first-order chi connectivity index (χ1) is 9.78. The average Bonchev–Trinajstić information content (AvgIpc) is 3.23. The zero-order valence-electron chi connectivity index (χ0n) is 13.6. The van der Waals surface area contributed by atoms with Gasteiger partial charge in [-0.25, -0.2) is 0 Å². The highest BCUT2D eigenvalue weighted by Crippen LogP contribution is 2.43. The zero-order chi connectivity index (χ0) is 14.3. The molecule has 0 unspecified atom stereocenters. The Morgan fingerprint density at radius 1 is 1.29 bits per heavy atom. The summed E-state index contributed by atoms with van der Waals surface area (Å²) in [7, 11) is 3.65. The number of methoxy groups -OCH3 is 1. The molecule has 0 aromatic heterocycles. The van der Waals surface area contributed by atoms with Crippen molar-refractivity contribution in [2.45, 2.75) is 51.4 Å². The van der Waals surface area contributed by atoms with Gasteiger partial charge in [-0.1, -0.05) is 19.3 Å². The summed E-state index contributed by atoms with van der Waals surface area (Å²) in [6.07, 6.45) is 10.7. The third-order valence-corrected chi connectivity index (χ3v) is 4.88. The van der Waals surface area contributed by atoms with Crippen LogP contribution in [0.2, 0.25) is 0 Å². The standard InChI is InChI=1S/C16H31N3O.HI/c1-17-15(18-11-3-5-14-6-7-14)19-13-16(8-4-9-16)10-12-20-2;/h14H,3-13H2,1-2H3,(H2,17,18,19);1H. The van der Waals surface area contributed by atoms with Gasteiger partial charge < -0.3 is 15.4 Å². The topological polar surface area (TPSA) is 45.7 Å². The van der Waals surface area contributed by atoms with Gasteiger partial charge in [-0.05, 0) is 43.4 Å². The quantitative estimate of drug-likeness (QED) is 0.266. The summed E-state index contributed by atoms with van der Waals surface area (Å²) in [6, 6.07) is 0. The number of nitrogens with zero attached hydrogens (tertiary/aromatic N) is 1. The lowest BCUT2D eigenvalue weighted by Crippen LogP contribution is -2.47. The van der Waals surface area contributed by atoms with Crippen LogP contribution in [0.4, 0.5) is 0 Å². The van der Waals surface area contributed by atoms with Crippen molar-refractivity contribution < 1.29 is 4.74 Å². The molecule has 2 saturated carbocycles. The maximum absolute atomic E-state index is 5.24. The SMILES string of the molecule is CN=C(NCCCC1CC1)NCC1(CCOC)CCC1.I. The molecule has 21 heavy (non-hydrogen) atoms. The number of guanidine groups is 1. The van der Waals surface area contributed by atoms with E-state index < -0.39 is 0 Å². The van der Waals surface area contributed by atoms with E-state index in [-0.39, 0.29) is 24.0 Å². The van der Waals surface area contributed by atoms with Crippen LogP contribution in [0, 0.1) is 11.3 Å². The lowest BCUT2D eigenvalue weighted by Gasteiger charge is -2.42. The molecule has 0 saturated heterocycles. The van der Waals surface area contributed by atoms with Gasteiger partial charge in [0.15, 0.2) is 5.96 Å². The molecule has 0 amide bonds. The fourth-order valence-corrected chi connectivity index (χ4v) is 3.01. The first-order valence-electron chi connectivity index (χ1n) is 8.21. The smallest absolute Gasteiger partial charge is 0.190 e. The van der Waals surface area contributed by atoms with Gasteiger partial charge in [-0.2, -0.15) is 0 Å². The van der Waals surface area contributed by atoms with Gasteiger partial charge in [-0.3, -0.25) is 4.99 Å². The van der Waals surface area contributed by atoms with Crippen LogP contribution in [0.5, 0.6) is 0 Å². The summed E-state index contributed by atoms with van der Waals surface area (Å²) < 4.78 is 5.24. The summed E-state index contributed by atoms with van der Waals surface area (Å²) in [5, 5.41) is 6.95. The highest BCUT2D eigenvalue weighted by atomic mass is 127. The van der Waals surface area contributed by atoms with Gasteiger partial charge >= 0.3 is 0 Å². The third kappa shape index (κ3) is 6.72. The normalized spacial score (nSPS) is 20.4. The summed E-state index contributed by atoms with van der Waals surface area (Å²) in [5.41, 5.74) is 0.446. The molecule has 2 aliphatic rings. The Morgan fingerprint density at radius 2 is 2.05 bits per heavy atom. The van der Waals surface area contributed by atoms with Crippen molar-refractivity contribution in [3.05, 3.63) is 0 Å². The Bertz CT molecular complexity index is 315. The molecule has 5 heteroatoms. The van der Waals surface area contributed by atoms with Crippen molar-refractivity contribution in [1.29, 1.82) is 0 Å². The second-order valence-electron chi connectivity index (χ2n) is 6.53. The van der Waals surface area contributed by atoms with E-state index in [1.54, 1.807) is 7.11 Å². The molecule has 0 spiro atoms. The maximum atomic E-state index is 5.24. The number of nitrogens with one attached hydrogen (secondary N) is 2. The molecule has 0 aromatic rings. The van der Waals surface area contributed by atoms with Gasteiger partial charge in [-0.15, -0.1) is 24.0 Å². The average molecular weight is 409 g/mol. The molecular weight excluding hydrogens is 377 g/mol. The summed E-state index contributed by atoms with van der Waals surface area (Å²) in [5.74, 6) is 1.99. The molecule has 2 rings (SSSR count). The first-order valence-corrected chi connectivity index (χ1v) is 8.21. The van der Waals surface area contributed by atoms with E-state index in [9.17, 15) is 0 Å². The minimum atomic E-state index is 0. The van der Waals surface area contributed by atoms with Crippen molar-refractivity contribution in [1.82, 2.24) is 10.6 Å². The van der Waals surface area contributed by atoms with Crippen LogP contribution < -0.4 is 10.6 Å². The molecule has 0 atom stereocenters. The lowest BCUT2D eigenvalue weighted by molar-refractivity contribution is 0.0732. The predicted octanol–water partition coefficient (Wildman–Crippen LogP) is 3.17. The van der Waals surface area contributed by atoms with E-state index >= 15 is 0 Å². The fraction of sp³-hybridized carbons (Fsp3) is 0.938. The van der Waals surface area contributed by atoms with Crippen molar-refractivity contribution >= 4 is 29.9 Å².